The van der Waals surface area contributed by atoms with Crippen molar-refractivity contribution in [2.24, 2.45) is 0 Å². The van der Waals surface area contributed by atoms with Crippen molar-refractivity contribution < 1.29 is 58.6 Å². The SMILES string of the molecule is CC(=O)O.COc1cccc2c1OC(C(=O)O)CC2=O.I.O=C1CC(C(=O)O)Oc2c(O)cccc21. The van der Waals surface area contributed by atoms with E-state index in [9.17, 15) is 24.3 Å². The van der Waals surface area contributed by atoms with Gasteiger partial charge in [-0.2, -0.15) is 0 Å². The Morgan fingerprint density at radius 3 is 1.69 bits per heavy atom. The number of benzene rings is 2. The average Bonchev–Trinajstić information content (AvgIpc) is 2.79. The van der Waals surface area contributed by atoms with Gasteiger partial charge in [-0.3, -0.25) is 14.4 Å². The molecule has 0 fully saturated rings. The van der Waals surface area contributed by atoms with Crippen LogP contribution in [0.25, 0.3) is 0 Å². The Morgan fingerprint density at radius 1 is 0.833 bits per heavy atom. The van der Waals surface area contributed by atoms with E-state index < -0.39 is 30.1 Å². The molecule has 194 valence electrons. The number of Topliss-reactive ketones (excluding diaryl/α,β-unsaturated/α-hetero) is 2. The van der Waals surface area contributed by atoms with Crippen molar-refractivity contribution in [1.29, 1.82) is 0 Å². The molecule has 0 amide bonds. The molecule has 2 aliphatic heterocycles. The number of rotatable bonds is 3. The number of carboxylic acid groups (broad SMARTS) is 3. The molecular weight excluding hydrogens is 595 g/mol. The van der Waals surface area contributed by atoms with E-state index in [0.717, 1.165) is 6.92 Å². The lowest BCUT2D eigenvalue weighted by Crippen LogP contribution is -2.34. The average molecular weight is 618 g/mol. The molecule has 4 rings (SSSR count). The Labute approximate surface area is 221 Å². The Hall–Kier alpha value is -3.88. The summed E-state index contributed by atoms with van der Waals surface area (Å²) in [5, 5.41) is 34.4. The number of para-hydroxylation sites is 2. The van der Waals surface area contributed by atoms with Gasteiger partial charge >= 0.3 is 11.9 Å². The third kappa shape index (κ3) is 7.56. The van der Waals surface area contributed by atoms with Crippen molar-refractivity contribution in [3.05, 3.63) is 47.5 Å². The van der Waals surface area contributed by atoms with Crippen LogP contribution >= 0.6 is 24.0 Å². The van der Waals surface area contributed by atoms with Crippen LogP contribution < -0.4 is 14.2 Å². The number of fused-ring (bicyclic) bond motifs is 2. The lowest BCUT2D eigenvalue weighted by Gasteiger charge is -2.23. The molecule has 12 nitrogen and oxygen atoms in total. The monoisotopic (exact) mass is 618 g/mol. The molecule has 2 atom stereocenters. The summed E-state index contributed by atoms with van der Waals surface area (Å²) >= 11 is 0. The van der Waals surface area contributed by atoms with Crippen LogP contribution in [-0.4, -0.2) is 69.2 Å². The Balaban J connectivity index is 0.000000307. The molecule has 2 aliphatic rings. The largest absolute Gasteiger partial charge is 0.504 e. The fourth-order valence-corrected chi connectivity index (χ4v) is 3.09. The van der Waals surface area contributed by atoms with Crippen LogP contribution in [0.1, 0.15) is 40.5 Å². The molecule has 0 bridgehead atoms. The van der Waals surface area contributed by atoms with Crippen LogP contribution in [0.4, 0.5) is 0 Å². The first kappa shape index (κ1) is 30.2. The summed E-state index contributed by atoms with van der Waals surface area (Å²) in [5.41, 5.74) is 0.601. The molecule has 13 heteroatoms. The van der Waals surface area contributed by atoms with Crippen LogP contribution in [-0.2, 0) is 14.4 Å². The van der Waals surface area contributed by atoms with Gasteiger partial charge in [-0.1, -0.05) is 12.1 Å². The van der Waals surface area contributed by atoms with Gasteiger partial charge in [-0.25, -0.2) is 9.59 Å². The minimum absolute atomic E-state index is 0. The fourth-order valence-electron chi connectivity index (χ4n) is 3.09. The third-order valence-corrected chi connectivity index (χ3v) is 4.61. The molecule has 2 heterocycles. The van der Waals surface area contributed by atoms with E-state index in [2.05, 4.69) is 0 Å². The van der Waals surface area contributed by atoms with Crippen molar-refractivity contribution in [1.82, 2.24) is 0 Å². The number of ketones is 2. The highest BCUT2D eigenvalue weighted by Gasteiger charge is 2.34. The summed E-state index contributed by atoms with van der Waals surface area (Å²) in [6.07, 6.45) is -2.68. The maximum absolute atomic E-state index is 11.7. The summed E-state index contributed by atoms with van der Waals surface area (Å²) < 4.78 is 15.3. The minimum atomic E-state index is -1.21. The van der Waals surface area contributed by atoms with Gasteiger partial charge in [0.2, 0.25) is 12.2 Å². The number of ether oxygens (including phenoxy) is 3. The van der Waals surface area contributed by atoms with Gasteiger partial charge in [-0.05, 0) is 24.3 Å². The first-order valence-corrected chi connectivity index (χ1v) is 10.00. The maximum Gasteiger partial charge on any atom is 0.345 e. The highest BCUT2D eigenvalue weighted by molar-refractivity contribution is 14.0. The van der Waals surface area contributed by atoms with E-state index in [-0.39, 0.29) is 71.2 Å². The molecule has 0 aromatic heterocycles. The molecule has 36 heavy (non-hydrogen) atoms. The fraction of sp³-hybridized carbons (Fsp3) is 0.261. The van der Waals surface area contributed by atoms with Crippen molar-refractivity contribution in [2.75, 3.05) is 7.11 Å². The van der Waals surface area contributed by atoms with E-state index in [0.29, 0.717) is 11.3 Å². The van der Waals surface area contributed by atoms with Crippen LogP contribution in [0.2, 0.25) is 0 Å². The molecule has 2 unspecified atom stereocenters. The van der Waals surface area contributed by atoms with Crippen molar-refractivity contribution in [3.8, 4) is 23.0 Å². The molecule has 2 aromatic carbocycles. The van der Waals surface area contributed by atoms with E-state index >= 15 is 0 Å². The molecule has 0 aliphatic carbocycles. The quantitative estimate of drug-likeness (QED) is 0.368. The molecule has 0 radical (unpaired) electrons. The lowest BCUT2D eigenvalue weighted by atomic mass is 10.0. The number of aliphatic carboxylic acids is 3. The summed E-state index contributed by atoms with van der Waals surface area (Å²) in [7, 11) is 1.44. The van der Waals surface area contributed by atoms with Crippen LogP contribution in [0.15, 0.2) is 36.4 Å². The van der Waals surface area contributed by atoms with Crippen molar-refractivity contribution in [2.45, 2.75) is 32.0 Å². The standard InChI is InChI=1S/C11H10O5.C10H8O5.C2H4O2.HI/c1-15-8-4-2-3-6-7(12)5-9(11(13)14)16-10(6)8;11-6-3-1-2-5-7(12)4-8(10(13)14)15-9(5)6;1-2(3)4;/h2-4,9H,5H2,1H3,(H,13,14);1-3,8,11H,4H2,(H,13,14);1H3,(H,3,4);1H. The van der Waals surface area contributed by atoms with Crippen molar-refractivity contribution >= 4 is 53.5 Å². The highest BCUT2D eigenvalue weighted by Crippen LogP contribution is 2.37. The second kappa shape index (κ2) is 13.3. The number of carboxylic acids is 3. The maximum atomic E-state index is 11.7. The molecule has 2 aromatic rings. The molecule has 4 N–H and O–H groups in total. The zero-order valence-electron chi connectivity index (χ0n) is 19.0. The second-order valence-corrected chi connectivity index (χ2v) is 7.15. The van der Waals surface area contributed by atoms with Gasteiger partial charge in [0.05, 0.1) is 31.1 Å². The van der Waals surface area contributed by atoms with Gasteiger partial charge in [0, 0.05) is 6.92 Å². The predicted molar refractivity (Wildman–Crippen MR) is 132 cm³/mol. The second-order valence-electron chi connectivity index (χ2n) is 7.15. The molecule has 0 saturated carbocycles. The first-order valence-electron chi connectivity index (χ1n) is 10.00. The zero-order chi connectivity index (χ0) is 26.3. The van der Waals surface area contributed by atoms with Crippen LogP contribution in [0.3, 0.4) is 0 Å². The minimum Gasteiger partial charge on any atom is -0.504 e. The van der Waals surface area contributed by atoms with E-state index in [4.69, 9.17) is 34.3 Å². The number of carbonyl (C=O) groups excluding carboxylic acids is 2. The number of hydrogen-bond acceptors (Lipinski definition) is 9. The predicted octanol–water partition coefficient (Wildman–Crippen LogP) is 2.63. The number of methoxy groups -OCH3 is 1. The molecular formula is C23H23IO12. The number of phenolic OH excluding ortho intramolecular Hbond substituents is 1. The number of hydrogen-bond donors (Lipinski definition) is 4. The summed E-state index contributed by atoms with van der Waals surface area (Å²) in [6, 6.07) is 9.23. The van der Waals surface area contributed by atoms with Gasteiger partial charge in [-0.15, -0.1) is 24.0 Å². The summed E-state index contributed by atoms with van der Waals surface area (Å²) in [6.45, 7) is 1.08. The topological polar surface area (TPSA) is 194 Å². The normalized spacial score (nSPS) is 16.9. The van der Waals surface area contributed by atoms with Gasteiger partial charge in [0.1, 0.15) is 0 Å². The number of phenols is 1. The molecule has 0 saturated heterocycles. The highest BCUT2D eigenvalue weighted by atomic mass is 127. The Bertz CT molecular complexity index is 1160. The Kier molecular flexibility index (Phi) is 11.1. The molecule has 0 spiro atoms. The number of aromatic hydroxyl groups is 1. The van der Waals surface area contributed by atoms with Gasteiger partial charge in [0.25, 0.3) is 5.97 Å². The van der Waals surface area contributed by atoms with Gasteiger partial charge < -0.3 is 34.6 Å². The first-order chi connectivity index (χ1) is 16.5. The van der Waals surface area contributed by atoms with Crippen molar-refractivity contribution in [3.63, 3.8) is 0 Å². The third-order valence-electron chi connectivity index (χ3n) is 4.61. The van der Waals surface area contributed by atoms with E-state index in [1.807, 2.05) is 0 Å². The smallest absolute Gasteiger partial charge is 0.345 e. The van der Waals surface area contributed by atoms with Crippen LogP contribution in [0.5, 0.6) is 23.0 Å². The zero-order valence-corrected chi connectivity index (χ0v) is 21.3. The lowest BCUT2D eigenvalue weighted by molar-refractivity contribution is -0.146. The van der Waals surface area contributed by atoms with E-state index in [1.165, 1.54) is 25.3 Å². The van der Waals surface area contributed by atoms with Gasteiger partial charge in [0.15, 0.2) is 34.6 Å². The van der Waals surface area contributed by atoms with Crippen LogP contribution in [0, 0.1) is 0 Å². The number of carbonyl (C=O) groups is 5. The summed E-state index contributed by atoms with van der Waals surface area (Å²) in [4.78, 5) is 53.6. The van der Waals surface area contributed by atoms with E-state index in [1.54, 1.807) is 18.2 Å². The summed E-state index contributed by atoms with van der Waals surface area (Å²) in [5.74, 6) is -3.44. The Morgan fingerprint density at radius 2 is 1.25 bits per heavy atom. The number of halogens is 1.